The van der Waals surface area contributed by atoms with Crippen LogP contribution in [0, 0.1) is 11.3 Å². The van der Waals surface area contributed by atoms with E-state index in [1.54, 1.807) is 0 Å². The molecule has 2 nitrogen and oxygen atoms in total. The van der Waals surface area contributed by atoms with Gasteiger partial charge in [0.2, 0.25) is 0 Å². The van der Waals surface area contributed by atoms with Crippen molar-refractivity contribution in [3.8, 4) is 0 Å². The third-order valence-electron chi connectivity index (χ3n) is 1.77. The summed E-state index contributed by atoms with van der Waals surface area (Å²) in [6.45, 7) is 12.0. The van der Waals surface area contributed by atoms with Gasteiger partial charge in [0.05, 0.1) is 0 Å². The second-order valence-electron chi connectivity index (χ2n) is 5.10. The van der Waals surface area contributed by atoms with Crippen LogP contribution in [0.2, 0.25) is 0 Å². The van der Waals surface area contributed by atoms with Crippen LogP contribution in [0.15, 0.2) is 0 Å². The molecule has 0 aliphatic rings. The molecule has 0 aromatic carbocycles. The lowest BCUT2D eigenvalue weighted by molar-refractivity contribution is 0.206. The Labute approximate surface area is 77.1 Å². The highest BCUT2D eigenvalue weighted by Gasteiger charge is 2.14. The summed E-state index contributed by atoms with van der Waals surface area (Å²) in [7, 11) is 2.16. The van der Waals surface area contributed by atoms with E-state index in [1.807, 2.05) is 0 Å². The van der Waals surface area contributed by atoms with E-state index >= 15 is 0 Å². The maximum Gasteiger partial charge on any atom is 0.00271 e. The van der Waals surface area contributed by atoms with Gasteiger partial charge in [-0.3, -0.25) is 0 Å². The lowest BCUT2D eigenvalue weighted by Crippen LogP contribution is -2.34. The average Bonchev–Trinajstić information content (AvgIpc) is 1.82. The summed E-state index contributed by atoms with van der Waals surface area (Å²) in [6.07, 6.45) is 0. The summed E-state index contributed by atoms with van der Waals surface area (Å²) in [5, 5.41) is 0. The van der Waals surface area contributed by atoms with Crippen molar-refractivity contribution in [2.45, 2.75) is 27.7 Å². The van der Waals surface area contributed by atoms with Gasteiger partial charge in [-0.2, -0.15) is 0 Å². The van der Waals surface area contributed by atoms with Crippen molar-refractivity contribution in [1.82, 2.24) is 4.90 Å². The fraction of sp³-hybridized carbons (Fsp3) is 1.00. The Morgan fingerprint density at radius 1 is 1.33 bits per heavy atom. The Hall–Kier alpha value is -0.0800. The van der Waals surface area contributed by atoms with E-state index < -0.39 is 0 Å². The Kier molecular flexibility index (Phi) is 4.80. The van der Waals surface area contributed by atoms with Gasteiger partial charge in [-0.25, -0.2) is 0 Å². The molecule has 0 heterocycles. The van der Waals surface area contributed by atoms with E-state index in [9.17, 15) is 0 Å². The zero-order valence-electron chi connectivity index (χ0n) is 9.22. The summed E-state index contributed by atoms with van der Waals surface area (Å²) in [5.41, 5.74) is 5.95. The quantitative estimate of drug-likeness (QED) is 0.697. The lowest BCUT2D eigenvalue weighted by Gasteiger charge is -2.28. The van der Waals surface area contributed by atoms with Crippen LogP contribution in [0.25, 0.3) is 0 Å². The molecule has 0 radical (unpaired) electrons. The van der Waals surface area contributed by atoms with Crippen molar-refractivity contribution in [2.75, 3.05) is 26.7 Å². The first-order chi connectivity index (χ1) is 5.35. The average molecular weight is 172 g/mol. The first-order valence-corrected chi connectivity index (χ1v) is 4.74. The van der Waals surface area contributed by atoms with Crippen molar-refractivity contribution in [3.63, 3.8) is 0 Å². The van der Waals surface area contributed by atoms with Crippen molar-refractivity contribution in [2.24, 2.45) is 17.1 Å². The Balaban J connectivity index is 3.66. The first kappa shape index (κ1) is 11.9. The van der Waals surface area contributed by atoms with Gasteiger partial charge >= 0.3 is 0 Å². The number of hydrogen-bond donors (Lipinski definition) is 1. The van der Waals surface area contributed by atoms with Gasteiger partial charge in [-0.15, -0.1) is 0 Å². The van der Waals surface area contributed by atoms with E-state index in [-0.39, 0.29) is 0 Å². The fourth-order valence-corrected chi connectivity index (χ4v) is 1.48. The molecule has 0 aromatic rings. The van der Waals surface area contributed by atoms with Crippen LogP contribution in [0.3, 0.4) is 0 Å². The second-order valence-corrected chi connectivity index (χ2v) is 5.10. The molecular formula is C10H24N2. The SMILES string of the molecule is CC(CN)CN(C)CC(C)(C)C. The predicted molar refractivity (Wildman–Crippen MR) is 55.2 cm³/mol. The summed E-state index contributed by atoms with van der Waals surface area (Å²) in [6, 6.07) is 0. The van der Waals surface area contributed by atoms with Gasteiger partial charge in [-0.1, -0.05) is 27.7 Å². The van der Waals surface area contributed by atoms with Crippen LogP contribution >= 0.6 is 0 Å². The van der Waals surface area contributed by atoms with E-state index in [0.29, 0.717) is 11.3 Å². The minimum Gasteiger partial charge on any atom is -0.330 e. The lowest BCUT2D eigenvalue weighted by atomic mass is 9.96. The predicted octanol–water partition coefficient (Wildman–Crippen LogP) is 1.56. The van der Waals surface area contributed by atoms with Gasteiger partial charge in [0.1, 0.15) is 0 Å². The molecule has 0 spiro atoms. The Morgan fingerprint density at radius 3 is 2.17 bits per heavy atom. The molecule has 1 unspecified atom stereocenters. The Morgan fingerprint density at radius 2 is 1.83 bits per heavy atom. The fourth-order valence-electron chi connectivity index (χ4n) is 1.48. The van der Waals surface area contributed by atoms with Crippen molar-refractivity contribution in [1.29, 1.82) is 0 Å². The molecule has 0 aliphatic heterocycles. The highest BCUT2D eigenvalue weighted by atomic mass is 15.1. The van der Waals surface area contributed by atoms with E-state index in [1.165, 1.54) is 0 Å². The number of hydrogen-bond acceptors (Lipinski definition) is 2. The van der Waals surface area contributed by atoms with E-state index in [0.717, 1.165) is 19.6 Å². The van der Waals surface area contributed by atoms with Crippen molar-refractivity contribution >= 4 is 0 Å². The number of nitrogens with two attached hydrogens (primary N) is 1. The minimum absolute atomic E-state index is 0.392. The van der Waals surface area contributed by atoms with Crippen LogP contribution in [0.4, 0.5) is 0 Å². The van der Waals surface area contributed by atoms with Gasteiger partial charge in [0.15, 0.2) is 0 Å². The standard InChI is InChI=1S/C10H24N2/c1-9(6-11)7-12(5)8-10(2,3)4/h9H,6-8,11H2,1-5H3. The second kappa shape index (κ2) is 4.83. The summed E-state index contributed by atoms with van der Waals surface area (Å²) < 4.78 is 0. The molecule has 12 heavy (non-hydrogen) atoms. The normalized spacial score (nSPS) is 15.2. The summed E-state index contributed by atoms with van der Waals surface area (Å²) in [5.74, 6) is 0.609. The topological polar surface area (TPSA) is 29.3 Å². The molecule has 74 valence electrons. The Bertz CT molecular complexity index is 115. The molecule has 2 heteroatoms. The summed E-state index contributed by atoms with van der Waals surface area (Å²) in [4.78, 5) is 2.36. The molecule has 0 bridgehead atoms. The summed E-state index contributed by atoms with van der Waals surface area (Å²) >= 11 is 0. The molecule has 0 saturated carbocycles. The highest BCUT2D eigenvalue weighted by molar-refractivity contribution is 4.68. The van der Waals surface area contributed by atoms with Crippen LogP contribution in [-0.2, 0) is 0 Å². The van der Waals surface area contributed by atoms with Crippen LogP contribution in [0.1, 0.15) is 27.7 Å². The molecule has 2 N–H and O–H groups in total. The third kappa shape index (κ3) is 6.62. The maximum atomic E-state index is 5.56. The van der Waals surface area contributed by atoms with Crippen LogP contribution < -0.4 is 5.73 Å². The molecular weight excluding hydrogens is 148 g/mol. The zero-order valence-corrected chi connectivity index (χ0v) is 9.22. The largest absolute Gasteiger partial charge is 0.330 e. The number of rotatable bonds is 4. The van der Waals surface area contributed by atoms with Crippen molar-refractivity contribution in [3.05, 3.63) is 0 Å². The molecule has 1 atom stereocenters. The smallest absolute Gasteiger partial charge is 0.00271 e. The maximum absolute atomic E-state index is 5.56. The van der Waals surface area contributed by atoms with Gasteiger partial charge < -0.3 is 10.6 Å². The molecule has 0 fully saturated rings. The van der Waals surface area contributed by atoms with E-state index in [4.69, 9.17) is 5.73 Å². The first-order valence-electron chi connectivity index (χ1n) is 4.74. The molecule has 0 saturated heterocycles. The van der Waals surface area contributed by atoms with Crippen LogP contribution in [-0.4, -0.2) is 31.6 Å². The monoisotopic (exact) mass is 172 g/mol. The molecule has 0 aromatic heterocycles. The molecule has 0 rings (SSSR count). The zero-order chi connectivity index (χ0) is 9.78. The van der Waals surface area contributed by atoms with Gasteiger partial charge in [0.25, 0.3) is 0 Å². The molecule has 0 aliphatic carbocycles. The molecule has 0 amide bonds. The van der Waals surface area contributed by atoms with Gasteiger partial charge in [-0.05, 0) is 24.9 Å². The minimum atomic E-state index is 0.392. The van der Waals surface area contributed by atoms with Crippen molar-refractivity contribution < 1.29 is 0 Å². The number of nitrogens with zero attached hydrogens (tertiary/aromatic N) is 1. The van der Waals surface area contributed by atoms with Crippen LogP contribution in [0.5, 0.6) is 0 Å². The van der Waals surface area contributed by atoms with E-state index in [2.05, 4.69) is 39.6 Å². The van der Waals surface area contributed by atoms with Gasteiger partial charge in [0, 0.05) is 13.1 Å². The highest BCUT2D eigenvalue weighted by Crippen LogP contribution is 2.14. The third-order valence-corrected chi connectivity index (χ3v) is 1.77.